The number of carbonyl (C=O) groups is 3. The third-order valence-corrected chi connectivity index (χ3v) is 16.8. The number of aromatic nitrogens is 1. The van der Waals surface area contributed by atoms with Crippen LogP contribution in [0.2, 0.25) is 0 Å². The van der Waals surface area contributed by atoms with Gasteiger partial charge in [-0.2, -0.15) is 0 Å². The van der Waals surface area contributed by atoms with Gasteiger partial charge in [-0.25, -0.2) is 4.79 Å². The topological polar surface area (TPSA) is 386 Å². The molecule has 4 heterocycles. The second kappa shape index (κ2) is 42.6. The number of carbonyl (C=O) groups excluding carboxylic acids is 2. The van der Waals surface area contributed by atoms with Gasteiger partial charge < -0.3 is 100 Å². The van der Waals surface area contributed by atoms with Crippen LogP contribution in [0.1, 0.15) is 210 Å². The molecule has 502 valence electrons. The number of pyridine rings is 1. The summed E-state index contributed by atoms with van der Waals surface area (Å²) in [6, 6.07) is -0.0938. The van der Waals surface area contributed by atoms with Crippen LogP contribution in [0.4, 0.5) is 0 Å². The van der Waals surface area contributed by atoms with E-state index in [1.807, 2.05) is 6.08 Å². The second-order valence-electron chi connectivity index (χ2n) is 23.9. The minimum absolute atomic E-state index is 0.0271. The number of unbranched alkanes of at least 4 members (excludes halogenated alkanes) is 25. The van der Waals surface area contributed by atoms with E-state index < -0.39 is 155 Å². The summed E-state index contributed by atoms with van der Waals surface area (Å²) in [5, 5.41) is 137. The van der Waals surface area contributed by atoms with E-state index >= 15 is 0 Å². The first-order chi connectivity index (χ1) is 42.0. The molecule has 1 aromatic heterocycles. The SMILES string of the molecule is CCCCCCCCCCCCC/C=C/[C@@H](O)[C@H](CO[C@@H]1O[C@H](CO)[C@@H](O[C@@H]2O[C@H](CO)[C@H](O)[C@H](O[C@]3(C(=O)O)C[C@H](O)[C@@H](NC(=O)c4ccncc4)C([C@@H](O)[C@H](O)CO)O3)[C@H]2O)[C@H](O)[C@H]1O)NC(=O)CCCCCCCCCCCCCCCCC. The van der Waals surface area contributed by atoms with Crippen molar-refractivity contribution >= 4 is 17.8 Å². The molecule has 0 bridgehead atoms. The lowest BCUT2D eigenvalue weighted by molar-refractivity contribution is -0.386. The van der Waals surface area contributed by atoms with Crippen molar-refractivity contribution in [3.63, 3.8) is 0 Å². The van der Waals surface area contributed by atoms with Gasteiger partial charge in [0, 0.05) is 30.8 Å². The highest BCUT2D eigenvalue weighted by Gasteiger charge is 2.60. The van der Waals surface area contributed by atoms with Crippen molar-refractivity contribution in [2.75, 3.05) is 26.4 Å². The minimum Gasteiger partial charge on any atom is -0.477 e. The number of ether oxygens (including phenoxy) is 6. The predicted octanol–water partition coefficient (Wildman–Crippen LogP) is 3.85. The fraction of sp³-hybridized carbons (Fsp3) is 0.841. The zero-order chi connectivity index (χ0) is 63.6. The van der Waals surface area contributed by atoms with Gasteiger partial charge in [-0.3, -0.25) is 14.6 Å². The Bertz CT molecular complexity index is 2030. The van der Waals surface area contributed by atoms with Gasteiger partial charge in [-0.05, 0) is 31.4 Å². The Balaban J connectivity index is 1.40. The standard InChI is InChI=1S/C63H109N3O21/c1-3-5-7-9-11-13-15-17-18-20-22-24-26-28-30-32-49(73)65-43(44(70)31-29-27-25-23-21-19-16-14-12-10-8-6-4-2)41-82-60-54(77)53(76)56(48(40-69)84-60)85-61-55(78)58(52(75)47(39-68)83-61)87-63(62(80)81)37-45(71)50(57(86-63)51(74)46(72)38-67)66-59(79)42-33-35-64-36-34-42/h29,31,33-36,43-48,50-58,60-61,67-72,74-78H,3-28,30,32,37-41H2,1-2H3,(H,65,73)(H,66,79)(H,80,81)/b31-29+/t43-,44+,45-,46+,47+,48+,50+,51-,52-,53+,54+,55+,56+,57?,58-,60+,61-,63-/m0/s1. The summed E-state index contributed by atoms with van der Waals surface area (Å²) in [6.45, 7) is 0.990. The van der Waals surface area contributed by atoms with Gasteiger partial charge in [-0.15, -0.1) is 0 Å². The molecule has 24 heteroatoms. The Kier molecular flexibility index (Phi) is 37.3. The van der Waals surface area contributed by atoms with Crippen LogP contribution in [-0.4, -0.2) is 220 Å². The van der Waals surface area contributed by atoms with Crippen molar-refractivity contribution in [3.05, 3.63) is 42.2 Å². The van der Waals surface area contributed by atoms with E-state index in [2.05, 4.69) is 29.5 Å². The molecule has 0 radical (unpaired) electrons. The first-order valence-electron chi connectivity index (χ1n) is 32.6. The molecule has 4 rings (SSSR count). The van der Waals surface area contributed by atoms with E-state index in [-0.39, 0.29) is 17.9 Å². The maximum Gasteiger partial charge on any atom is 0.364 e. The number of aliphatic hydroxyl groups excluding tert-OH is 11. The first kappa shape index (κ1) is 76.1. The van der Waals surface area contributed by atoms with Crippen LogP contribution in [0.5, 0.6) is 0 Å². The highest BCUT2D eigenvalue weighted by molar-refractivity contribution is 5.94. The fourth-order valence-corrected chi connectivity index (χ4v) is 11.4. The van der Waals surface area contributed by atoms with Crippen LogP contribution in [-0.2, 0) is 38.0 Å². The summed E-state index contributed by atoms with van der Waals surface area (Å²) < 4.78 is 35.0. The summed E-state index contributed by atoms with van der Waals surface area (Å²) in [7, 11) is 0. The van der Waals surface area contributed by atoms with Crippen molar-refractivity contribution in [3.8, 4) is 0 Å². The van der Waals surface area contributed by atoms with E-state index in [1.54, 1.807) is 6.08 Å². The Morgan fingerprint density at radius 3 is 1.70 bits per heavy atom. The summed E-state index contributed by atoms with van der Waals surface area (Å²) in [5.74, 6) is -6.30. The molecule has 2 amide bonds. The quantitative estimate of drug-likeness (QED) is 0.0325. The predicted molar refractivity (Wildman–Crippen MR) is 319 cm³/mol. The molecule has 24 nitrogen and oxygen atoms in total. The summed E-state index contributed by atoms with van der Waals surface area (Å²) in [5.41, 5.74) is 0.0271. The number of nitrogens with one attached hydrogen (secondary N) is 2. The number of amides is 2. The highest BCUT2D eigenvalue weighted by atomic mass is 16.8. The summed E-state index contributed by atoms with van der Waals surface area (Å²) >= 11 is 0. The molecule has 3 saturated heterocycles. The molecule has 0 saturated carbocycles. The molecule has 1 unspecified atom stereocenters. The molecule has 3 aliphatic heterocycles. The number of aliphatic hydroxyl groups is 11. The average Bonchev–Trinajstić information content (AvgIpc) is 1.09. The molecule has 14 N–H and O–H groups in total. The molecule has 0 aromatic carbocycles. The van der Waals surface area contributed by atoms with Crippen LogP contribution < -0.4 is 10.6 Å². The number of aliphatic carboxylic acids is 1. The van der Waals surface area contributed by atoms with Gasteiger partial charge in [-0.1, -0.05) is 180 Å². The molecule has 3 aliphatic rings. The van der Waals surface area contributed by atoms with Gasteiger partial charge in [0.25, 0.3) is 11.7 Å². The van der Waals surface area contributed by atoms with Gasteiger partial charge >= 0.3 is 5.97 Å². The lowest BCUT2D eigenvalue weighted by atomic mass is 9.88. The molecule has 3 fully saturated rings. The van der Waals surface area contributed by atoms with Gasteiger partial charge in [0.15, 0.2) is 12.6 Å². The monoisotopic (exact) mass is 1240 g/mol. The van der Waals surface area contributed by atoms with Crippen molar-refractivity contribution in [2.24, 2.45) is 0 Å². The van der Waals surface area contributed by atoms with E-state index in [4.69, 9.17) is 28.4 Å². The summed E-state index contributed by atoms with van der Waals surface area (Å²) in [4.78, 5) is 43.6. The largest absolute Gasteiger partial charge is 0.477 e. The number of carboxylic acids is 1. The number of hydrogen-bond donors (Lipinski definition) is 14. The normalized spacial score (nSPS) is 29.1. The Labute approximate surface area is 514 Å². The number of nitrogens with zero attached hydrogens (tertiary/aromatic N) is 1. The maximum atomic E-state index is 13.4. The van der Waals surface area contributed by atoms with Crippen LogP contribution in [0.3, 0.4) is 0 Å². The Hall–Kier alpha value is -3.38. The fourth-order valence-electron chi connectivity index (χ4n) is 11.4. The number of rotatable bonds is 46. The minimum atomic E-state index is -3.13. The van der Waals surface area contributed by atoms with E-state index in [0.717, 1.165) is 44.9 Å². The van der Waals surface area contributed by atoms with Crippen molar-refractivity contribution in [1.29, 1.82) is 0 Å². The third kappa shape index (κ3) is 25.7. The van der Waals surface area contributed by atoms with E-state index in [9.17, 15) is 75.7 Å². The van der Waals surface area contributed by atoms with Crippen molar-refractivity contribution < 1.29 is 104 Å². The molecule has 87 heavy (non-hydrogen) atoms. The lowest BCUT2D eigenvalue weighted by Crippen LogP contribution is -2.71. The molecular weight excluding hydrogens is 1130 g/mol. The molecular formula is C63H109N3O21. The number of carboxylic acid groups (broad SMARTS) is 1. The molecule has 0 spiro atoms. The highest BCUT2D eigenvalue weighted by Crippen LogP contribution is 2.39. The van der Waals surface area contributed by atoms with Gasteiger partial charge in [0.05, 0.1) is 50.7 Å². The Morgan fingerprint density at radius 1 is 0.667 bits per heavy atom. The molecule has 18 atom stereocenters. The van der Waals surface area contributed by atoms with Crippen LogP contribution in [0.15, 0.2) is 36.7 Å². The van der Waals surface area contributed by atoms with Crippen LogP contribution in [0, 0.1) is 0 Å². The third-order valence-electron chi connectivity index (χ3n) is 16.8. The molecule has 1 aromatic rings. The number of allylic oxidation sites excluding steroid dienone is 1. The average molecular weight is 1240 g/mol. The van der Waals surface area contributed by atoms with Crippen LogP contribution in [0.25, 0.3) is 0 Å². The second-order valence-corrected chi connectivity index (χ2v) is 23.9. The van der Waals surface area contributed by atoms with Crippen molar-refractivity contribution in [2.45, 2.75) is 310 Å². The maximum absolute atomic E-state index is 13.4. The lowest BCUT2D eigenvalue weighted by Gasteiger charge is -2.50. The zero-order valence-corrected chi connectivity index (χ0v) is 51.6. The van der Waals surface area contributed by atoms with Crippen LogP contribution >= 0.6 is 0 Å². The van der Waals surface area contributed by atoms with E-state index in [0.29, 0.717) is 12.8 Å². The first-order valence-corrected chi connectivity index (χ1v) is 32.6. The molecule has 0 aliphatic carbocycles. The van der Waals surface area contributed by atoms with Gasteiger partial charge in [0.2, 0.25) is 5.91 Å². The smallest absolute Gasteiger partial charge is 0.364 e. The van der Waals surface area contributed by atoms with Crippen molar-refractivity contribution in [1.82, 2.24) is 15.6 Å². The van der Waals surface area contributed by atoms with E-state index in [1.165, 1.54) is 140 Å². The zero-order valence-electron chi connectivity index (χ0n) is 51.6. The Morgan fingerprint density at radius 2 is 1.18 bits per heavy atom. The summed E-state index contributed by atoms with van der Waals surface area (Å²) in [6.07, 6.45) is 7.58. The number of hydrogen-bond acceptors (Lipinski definition) is 21. The van der Waals surface area contributed by atoms with Gasteiger partial charge in [0.1, 0.15) is 67.1 Å².